The van der Waals surface area contributed by atoms with Gasteiger partial charge in [-0.3, -0.25) is 9.11 Å². The number of hydrogen-bond donors (Lipinski definition) is 2. The van der Waals surface area contributed by atoms with Crippen molar-refractivity contribution in [3.63, 3.8) is 0 Å². The van der Waals surface area contributed by atoms with Crippen molar-refractivity contribution in [3.05, 3.63) is 84.9 Å². The van der Waals surface area contributed by atoms with Crippen molar-refractivity contribution < 1.29 is 43.0 Å². The maximum atomic E-state index is 12.1. The normalized spacial score (nSPS) is 12.4. The quantitative estimate of drug-likeness (QED) is 0.183. The second-order valence-corrected chi connectivity index (χ2v) is 13.8. The van der Waals surface area contributed by atoms with E-state index in [9.17, 15) is 25.9 Å². The fourth-order valence-electron chi connectivity index (χ4n) is 5.84. The third kappa shape index (κ3) is 4.99. The minimum atomic E-state index is -4.56. The molecule has 0 spiro atoms. The Balaban J connectivity index is 0.00000348. The number of rotatable bonds is 2. The van der Waals surface area contributed by atoms with Crippen molar-refractivity contribution in [1.82, 2.24) is 39.9 Å². The van der Waals surface area contributed by atoms with Crippen LogP contribution in [0.25, 0.3) is 89.7 Å². The van der Waals surface area contributed by atoms with Gasteiger partial charge in [-0.05, 0) is 45.8 Å². The van der Waals surface area contributed by atoms with Gasteiger partial charge in [0.2, 0.25) is 0 Å². The molecule has 7 aromatic rings. The molecule has 14 nitrogen and oxygen atoms in total. The summed E-state index contributed by atoms with van der Waals surface area (Å²) in [6.07, 6.45) is 0. The fourth-order valence-corrected chi connectivity index (χ4v) is 6.85. The SMILES string of the molecule is O=S(=O)(O)c1ccc2c(c1)-c1nc-2nc2[n-]c(nc3nc(nc4[n-]c(n1)c1ccccc41)-c1cc(S(=O)(=O)O)ccc1-3)c1ccccc21.[Cu+2]. The maximum absolute atomic E-state index is 12.1. The van der Waals surface area contributed by atoms with Crippen LogP contribution in [0, 0.1) is 0 Å². The molecule has 0 unspecified atom stereocenters. The van der Waals surface area contributed by atoms with Crippen LogP contribution in [0.15, 0.2) is 94.7 Å². The Bertz CT molecular complexity index is 2790. The Morgan fingerprint density at radius 3 is 1.04 bits per heavy atom. The van der Waals surface area contributed by atoms with Crippen molar-refractivity contribution in [3.8, 4) is 45.6 Å². The first-order chi connectivity index (χ1) is 23.0. The summed E-state index contributed by atoms with van der Waals surface area (Å²) in [6, 6.07) is 22.5. The molecular formula is C32H16CuN8O6S2. The van der Waals surface area contributed by atoms with Gasteiger partial charge < -0.3 is 29.9 Å². The van der Waals surface area contributed by atoms with E-state index in [1.807, 2.05) is 24.3 Å². The van der Waals surface area contributed by atoms with Crippen LogP contribution in [0.5, 0.6) is 0 Å². The Morgan fingerprint density at radius 2 is 0.735 bits per heavy atom. The number of nitrogens with zero attached hydrogens (tertiary/aromatic N) is 8. The van der Waals surface area contributed by atoms with Crippen molar-refractivity contribution in [2.75, 3.05) is 0 Å². The molecule has 17 heteroatoms. The fraction of sp³-hybridized carbons (Fsp3) is 0. The second-order valence-electron chi connectivity index (χ2n) is 10.9. The van der Waals surface area contributed by atoms with Crippen LogP contribution in [0.1, 0.15) is 0 Å². The van der Waals surface area contributed by atoms with E-state index in [2.05, 4.69) is 15.0 Å². The van der Waals surface area contributed by atoms with Gasteiger partial charge in [-0.25, -0.2) is 9.97 Å². The molecule has 2 aliphatic heterocycles. The van der Waals surface area contributed by atoms with Gasteiger partial charge in [-0.1, -0.05) is 60.7 Å². The Hall–Kier alpha value is -5.42. The van der Waals surface area contributed by atoms with Crippen LogP contribution in [0.4, 0.5) is 0 Å². The predicted octanol–water partition coefficient (Wildman–Crippen LogP) is 4.62. The van der Waals surface area contributed by atoms with Gasteiger partial charge in [0.25, 0.3) is 20.2 Å². The van der Waals surface area contributed by atoms with Gasteiger partial charge >= 0.3 is 17.1 Å². The minimum absolute atomic E-state index is 0. The zero-order chi connectivity index (χ0) is 32.9. The molecule has 0 aliphatic carbocycles. The average molecular weight is 736 g/mol. The minimum Gasteiger partial charge on any atom is -0.357 e. The van der Waals surface area contributed by atoms with Gasteiger partial charge in [-0.15, -0.1) is 0 Å². The van der Waals surface area contributed by atoms with Crippen LogP contribution in [0.2, 0.25) is 0 Å². The van der Waals surface area contributed by atoms with Crippen molar-refractivity contribution >= 4 is 64.4 Å². The van der Waals surface area contributed by atoms with E-state index in [4.69, 9.17) is 24.9 Å². The molecule has 2 aliphatic rings. The summed E-state index contributed by atoms with van der Waals surface area (Å²) in [7, 11) is -9.12. The van der Waals surface area contributed by atoms with Gasteiger partial charge in [0.1, 0.15) is 0 Å². The first-order valence-corrected chi connectivity index (χ1v) is 17.0. The zero-order valence-corrected chi connectivity index (χ0v) is 26.9. The predicted molar refractivity (Wildman–Crippen MR) is 174 cm³/mol. The van der Waals surface area contributed by atoms with Gasteiger partial charge in [0.05, 0.1) is 33.1 Å². The van der Waals surface area contributed by atoms with E-state index in [0.29, 0.717) is 43.8 Å². The third-order valence-electron chi connectivity index (χ3n) is 8.05. The van der Waals surface area contributed by atoms with Crippen molar-refractivity contribution in [2.45, 2.75) is 9.79 Å². The molecule has 1 radical (unpaired) electrons. The van der Waals surface area contributed by atoms with Crippen LogP contribution in [-0.4, -0.2) is 55.8 Å². The summed E-state index contributed by atoms with van der Waals surface area (Å²) < 4.78 is 67.9. The van der Waals surface area contributed by atoms with Crippen LogP contribution in [0.3, 0.4) is 0 Å². The Morgan fingerprint density at radius 1 is 0.429 bits per heavy atom. The monoisotopic (exact) mass is 735 g/mol. The molecule has 5 heterocycles. The van der Waals surface area contributed by atoms with Crippen LogP contribution in [-0.2, 0) is 37.3 Å². The molecule has 9 rings (SSSR count). The molecule has 243 valence electrons. The molecular weight excluding hydrogens is 720 g/mol. The molecule has 0 saturated heterocycles. The molecule has 0 saturated carbocycles. The molecule has 0 fully saturated rings. The molecule has 2 N–H and O–H groups in total. The van der Waals surface area contributed by atoms with E-state index in [0.717, 1.165) is 0 Å². The molecule has 4 aromatic carbocycles. The summed E-state index contributed by atoms with van der Waals surface area (Å²) in [6.45, 7) is 0. The standard InChI is InChI=1S/C32H16N8O6S2.Cu/c41-47(42,43)15-9-11-21-23(13-15)31-37-27-19-7-3-4-8-20(19)28(34-27)38-32-24-14-16(48(44,45)46)10-12-22(24)30(40-32)36-26-18-6-2-1-5-17(18)25(33-26)35-29(21)39-31;/h1-14H,(H2-2,33,34,35,36,37,38,39,40,41,42,43,44,45,46);/q-2;+2. The summed E-state index contributed by atoms with van der Waals surface area (Å²) in [5.41, 5.74) is 2.47. The first kappa shape index (κ1) is 30.9. The van der Waals surface area contributed by atoms with E-state index < -0.39 is 20.2 Å². The van der Waals surface area contributed by atoms with E-state index in [1.54, 1.807) is 24.3 Å². The van der Waals surface area contributed by atoms with Crippen LogP contribution < -0.4 is 9.97 Å². The number of benzene rings is 4. The number of aromatic nitrogens is 8. The summed E-state index contributed by atoms with van der Waals surface area (Å²) in [5.74, 6) is 0.582. The van der Waals surface area contributed by atoms with Gasteiger partial charge in [0, 0.05) is 44.8 Å². The first-order valence-electron chi connectivity index (χ1n) is 14.1. The third-order valence-corrected chi connectivity index (χ3v) is 9.75. The van der Waals surface area contributed by atoms with Crippen molar-refractivity contribution in [2.24, 2.45) is 0 Å². The molecule has 0 atom stereocenters. The summed E-state index contributed by atoms with van der Waals surface area (Å²) >= 11 is 0. The summed E-state index contributed by atoms with van der Waals surface area (Å²) in [4.78, 5) is 37.0. The second kappa shape index (κ2) is 10.8. The Kier molecular flexibility index (Phi) is 6.80. The molecule has 8 bridgehead atoms. The zero-order valence-electron chi connectivity index (χ0n) is 24.3. The van der Waals surface area contributed by atoms with Crippen molar-refractivity contribution in [1.29, 1.82) is 0 Å². The van der Waals surface area contributed by atoms with Gasteiger partial charge in [-0.2, -0.15) is 16.8 Å². The topological polar surface area (TPSA) is 214 Å². The van der Waals surface area contributed by atoms with E-state index in [1.165, 1.54) is 36.4 Å². The van der Waals surface area contributed by atoms with Crippen LogP contribution >= 0.6 is 0 Å². The van der Waals surface area contributed by atoms with E-state index in [-0.39, 0.29) is 72.7 Å². The molecule has 3 aromatic heterocycles. The Labute approximate surface area is 286 Å². The molecule has 49 heavy (non-hydrogen) atoms. The van der Waals surface area contributed by atoms with E-state index >= 15 is 0 Å². The maximum Gasteiger partial charge on any atom is 2.00 e. The summed E-state index contributed by atoms with van der Waals surface area (Å²) in [5, 5.41) is 2.47. The number of fused-ring (bicyclic) bond motifs is 20. The van der Waals surface area contributed by atoms with Gasteiger partial charge in [0.15, 0.2) is 0 Å². The number of hydrogen-bond acceptors (Lipinski definition) is 10. The molecule has 0 amide bonds. The smallest absolute Gasteiger partial charge is 0.357 e. The largest absolute Gasteiger partial charge is 2.00 e. The average Bonchev–Trinajstić information content (AvgIpc) is 3.79.